The van der Waals surface area contributed by atoms with E-state index in [0.717, 1.165) is 43.0 Å². The van der Waals surface area contributed by atoms with E-state index in [0.29, 0.717) is 5.15 Å². The molecule has 0 amide bonds. The van der Waals surface area contributed by atoms with Gasteiger partial charge in [0.1, 0.15) is 17.3 Å². The molecule has 0 fully saturated rings. The highest BCUT2D eigenvalue weighted by atomic mass is 35.5. The molecule has 2 heterocycles. The zero-order chi connectivity index (χ0) is 14.1. The maximum absolute atomic E-state index is 6.18. The maximum Gasteiger partial charge on any atom is 0.137 e. The van der Waals surface area contributed by atoms with Gasteiger partial charge in [0.25, 0.3) is 0 Å². The van der Waals surface area contributed by atoms with Gasteiger partial charge < -0.3 is 10.6 Å². The standard InChI is InChI=1S/C15H17ClN4/c1-2-13-14(16)18-9-19-15(13)20-6-5-10-7-12(17)4-3-11(10)8-20/h3-4,7,9H,2,5-6,8,17H2,1H3. The molecule has 0 atom stereocenters. The third kappa shape index (κ3) is 2.31. The average Bonchev–Trinajstić information content (AvgIpc) is 2.46. The summed E-state index contributed by atoms with van der Waals surface area (Å²) in [5.74, 6) is 0.954. The molecule has 0 bridgehead atoms. The minimum Gasteiger partial charge on any atom is -0.399 e. The third-order valence-electron chi connectivity index (χ3n) is 3.77. The van der Waals surface area contributed by atoms with Crippen LogP contribution in [0.3, 0.4) is 0 Å². The van der Waals surface area contributed by atoms with Gasteiger partial charge in [0.2, 0.25) is 0 Å². The summed E-state index contributed by atoms with van der Waals surface area (Å²) in [7, 11) is 0. The topological polar surface area (TPSA) is 55.0 Å². The van der Waals surface area contributed by atoms with E-state index in [-0.39, 0.29) is 0 Å². The smallest absolute Gasteiger partial charge is 0.137 e. The average molecular weight is 289 g/mol. The Morgan fingerprint density at radius 1 is 1.30 bits per heavy atom. The second kappa shape index (κ2) is 5.29. The number of benzene rings is 1. The SMILES string of the molecule is CCc1c(Cl)ncnc1N1CCc2cc(N)ccc2C1. The largest absolute Gasteiger partial charge is 0.399 e. The molecule has 2 N–H and O–H groups in total. The first-order chi connectivity index (χ1) is 9.69. The highest BCUT2D eigenvalue weighted by Gasteiger charge is 2.20. The fraction of sp³-hybridized carbons (Fsp3) is 0.333. The molecule has 1 aliphatic rings. The summed E-state index contributed by atoms with van der Waals surface area (Å²) in [4.78, 5) is 10.8. The highest BCUT2D eigenvalue weighted by Crippen LogP contribution is 2.29. The van der Waals surface area contributed by atoms with Gasteiger partial charge in [-0.15, -0.1) is 0 Å². The van der Waals surface area contributed by atoms with Crippen molar-refractivity contribution < 1.29 is 0 Å². The van der Waals surface area contributed by atoms with Crippen LogP contribution in [0.5, 0.6) is 0 Å². The molecule has 0 unspecified atom stereocenters. The van der Waals surface area contributed by atoms with Crippen LogP contribution < -0.4 is 10.6 Å². The van der Waals surface area contributed by atoms with Gasteiger partial charge in [-0.05, 0) is 36.1 Å². The number of nitrogens with zero attached hydrogens (tertiary/aromatic N) is 3. The minimum atomic E-state index is 0.556. The Morgan fingerprint density at radius 3 is 2.95 bits per heavy atom. The second-order valence-corrected chi connectivity index (χ2v) is 5.38. The summed E-state index contributed by atoms with van der Waals surface area (Å²) >= 11 is 6.18. The number of halogens is 1. The van der Waals surface area contributed by atoms with Gasteiger partial charge in [-0.1, -0.05) is 24.6 Å². The number of hydrogen-bond donors (Lipinski definition) is 1. The molecule has 0 saturated heterocycles. The van der Waals surface area contributed by atoms with Crippen molar-refractivity contribution in [3.05, 3.63) is 46.4 Å². The van der Waals surface area contributed by atoms with Crippen molar-refractivity contribution in [3.63, 3.8) is 0 Å². The number of nitrogen functional groups attached to an aromatic ring is 1. The van der Waals surface area contributed by atoms with E-state index in [1.165, 1.54) is 17.5 Å². The fourth-order valence-electron chi connectivity index (χ4n) is 2.71. The van der Waals surface area contributed by atoms with Crippen molar-refractivity contribution in [1.29, 1.82) is 0 Å². The molecular formula is C15H17ClN4. The summed E-state index contributed by atoms with van der Waals surface area (Å²) in [6, 6.07) is 6.13. The minimum absolute atomic E-state index is 0.556. The van der Waals surface area contributed by atoms with Crippen molar-refractivity contribution in [1.82, 2.24) is 9.97 Å². The van der Waals surface area contributed by atoms with Crippen LogP contribution in [0.4, 0.5) is 11.5 Å². The van der Waals surface area contributed by atoms with Crippen LogP contribution in [-0.4, -0.2) is 16.5 Å². The number of rotatable bonds is 2. The van der Waals surface area contributed by atoms with Crippen LogP contribution in [0.15, 0.2) is 24.5 Å². The van der Waals surface area contributed by atoms with E-state index in [2.05, 4.69) is 33.9 Å². The molecule has 0 radical (unpaired) electrons. The van der Waals surface area contributed by atoms with Gasteiger partial charge in [-0.2, -0.15) is 0 Å². The number of nitrogens with two attached hydrogens (primary N) is 1. The Morgan fingerprint density at radius 2 is 2.15 bits per heavy atom. The molecule has 20 heavy (non-hydrogen) atoms. The van der Waals surface area contributed by atoms with Crippen LogP contribution in [0.2, 0.25) is 5.15 Å². The molecular weight excluding hydrogens is 272 g/mol. The van der Waals surface area contributed by atoms with Crippen LogP contribution in [0, 0.1) is 0 Å². The first-order valence-electron chi connectivity index (χ1n) is 6.80. The van der Waals surface area contributed by atoms with E-state index in [1.54, 1.807) is 0 Å². The van der Waals surface area contributed by atoms with E-state index in [9.17, 15) is 0 Å². The Bertz CT molecular complexity index is 642. The molecule has 0 saturated carbocycles. The fourth-order valence-corrected chi connectivity index (χ4v) is 2.97. The summed E-state index contributed by atoms with van der Waals surface area (Å²) in [6.45, 7) is 3.85. The Balaban J connectivity index is 1.94. The molecule has 2 aromatic rings. The molecule has 104 valence electrons. The van der Waals surface area contributed by atoms with E-state index in [1.807, 2.05) is 6.07 Å². The van der Waals surface area contributed by atoms with Crippen LogP contribution in [-0.2, 0) is 19.4 Å². The van der Waals surface area contributed by atoms with Crippen molar-refractivity contribution in [2.75, 3.05) is 17.2 Å². The van der Waals surface area contributed by atoms with E-state index >= 15 is 0 Å². The summed E-state index contributed by atoms with van der Waals surface area (Å²) < 4.78 is 0. The van der Waals surface area contributed by atoms with Gasteiger partial charge in [0, 0.05) is 24.3 Å². The molecule has 3 rings (SSSR count). The predicted molar refractivity (Wildman–Crippen MR) is 82.0 cm³/mol. The van der Waals surface area contributed by atoms with Gasteiger partial charge in [0.05, 0.1) is 0 Å². The number of aromatic nitrogens is 2. The zero-order valence-electron chi connectivity index (χ0n) is 11.4. The molecule has 5 heteroatoms. The van der Waals surface area contributed by atoms with Crippen molar-refractivity contribution in [2.45, 2.75) is 26.3 Å². The predicted octanol–water partition coefficient (Wildman–Crippen LogP) is 2.84. The first-order valence-corrected chi connectivity index (χ1v) is 7.18. The Hall–Kier alpha value is -1.81. The first kappa shape index (κ1) is 13.2. The molecule has 1 aliphatic heterocycles. The zero-order valence-corrected chi connectivity index (χ0v) is 12.2. The van der Waals surface area contributed by atoms with Crippen LogP contribution in [0.1, 0.15) is 23.6 Å². The van der Waals surface area contributed by atoms with Gasteiger partial charge >= 0.3 is 0 Å². The molecule has 1 aromatic heterocycles. The molecule has 1 aromatic carbocycles. The molecule has 4 nitrogen and oxygen atoms in total. The van der Waals surface area contributed by atoms with E-state index < -0.39 is 0 Å². The van der Waals surface area contributed by atoms with Crippen molar-refractivity contribution >= 4 is 23.1 Å². The molecule has 0 spiro atoms. The monoisotopic (exact) mass is 288 g/mol. The lowest BCUT2D eigenvalue weighted by molar-refractivity contribution is 0.714. The normalized spacial score (nSPS) is 14.2. The summed E-state index contributed by atoms with van der Waals surface area (Å²) in [5, 5.41) is 0.556. The lowest BCUT2D eigenvalue weighted by Crippen LogP contribution is -2.32. The van der Waals surface area contributed by atoms with Crippen LogP contribution in [0.25, 0.3) is 0 Å². The van der Waals surface area contributed by atoms with Crippen molar-refractivity contribution in [2.24, 2.45) is 0 Å². The van der Waals surface area contributed by atoms with E-state index in [4.69, 9.17) is 17.3 Å². The molecule has 0 aliphatic carbocycles. The van der Waals surface area contributed by atoms with Crippen molar-refractivity contribution in [3.8, 4) is 0 Å². The second-order valence-electron chi connectivity index (χ2n) is 5.02. The van der Waals surface area contributed by atoms with Gasteiger partial charge in [-0.3, -0.25) is 0 Å². The summed E-state index contributed by atoms with van der Waals surface area (Å²) in [6.07, 6.45) is 3.35. The summed E-state index contributed by atoms with van der Waals surface area (Å²) in [5.41, 5.74) is 10.3. The van der Waals surface area contributed by atoms with Gasteiger partial charge in [0.15, 0.2) is 0 Å². The van der Waals surface area contributed by atoms with Gasteiger partial charge in [-0.25, -0.2) is 9.97 Å². The Kier molecular flexibility index (Phi) is 3.49. The third-order valence-corrected chi connectivity index (χ3v) is 4.09. The number of fused-ring (bicyclic) bond motifs is 1. The lowest BCUT2D eigenvalue weighted by atomic mass is 9.99. The van der Waals surface area contributed by atoms with Crippen LogP contribution >= 0.6 is 11.6 Å². The number of hydrogen-bond acceptors (Lipinski definition) is 4. The maximum atomic E-state index is 6.18. The lowest BCUT2D eigenvalue weighted by Gasteiger charge is -2.31. The Labute approximate surface area is 123 Å². The number of anilines is 2. The quantitative estimate of drug-likeness (QED) is 0.682. The highest BCUT2D eigenvalue weighted by molar-refractivity contribution is 6.30.